The quantitative estimate of drug-likeness (QED) is 0.0222. The number of esters is 4. The van der Waals surface area contributed by atoms with E-state index in [0.717, 1.165) is 108 Å². The number of unbranched alkanes of at least 4 members (excludes halogenated alkanes) is 37. The molecule has 0 saturated heterocycles. The Morgan fingerprint density at radius 1 is 0.319 bits per heavy atom. The molecule has 6 atom stereocenters. The van der Waals surface area contributed by atoms with Gasteiger partial charge < -0.3 is 33.8 Å². The van der Waals surface area contributed by atoms with Gasteiger partial charge in [0.2, 0.25) is 0 Å². The average Bonchev–Trinajstić information content (AvgIpc) is 3.73. The second-order valence-corrected chi connectivity index (χ2v) is 30.1. The molecule has 3 N–H and O–H groups in total. The highest BCUT2D eigenvalue weighted by atomic mass is 31.2. The Balaban J connectivity index is 5.16. The normalized spacial score (nSPS) is 14.5. The smallest absolute Gasteiger partial charge is 0.462 e. The molecule has 19 heteroatoms. The summed E-state index contributed by atoms with van der Waals surface area (Å²) < 4.78 is 68.2. The van der Waals surface area contributed by atoms with E-state index in [4.69, 9.17) is 37.0 Å². The highest BCUT2D eigenvalue weighted by Crippen LogP contribution is 2.45. The fourth-order valence-electron chi connectivity index (χ4n) is 10.9. The maximum Gasteiger partial charge on any atom is 0.472 e. The lowest BCUT2D eigenvalue weighted by Crippen LogP contribution is -2.30. The SMILES string of the molecule is CCCCCCCCCCC(=O)OC[C@H](COP(=O)(O)OC[C@H](O)COP(=O)(O)OC[C@@H](COC(=O)CCCCCCCCCCC(C)CC)OC(=O)CCCCCCCCCCCCCCCCCCCCC(C)C)OC(=O)CCCCCCCCCC(C)C. The molecule has 3 unspecified atom stereocenters. The summed E-state index contributed by atoms with van der Waals surface area (Å²) in [4.78, 5) is 72.5. The van der Waals surface area contributed by atoms with Crippen LogP contribution in [0.15, 0.2) is 0 Å². The zero-order valence-electron chi connectivity index (χ0n) is 59.3. The van der Waals surface area contributed by atoms with Gasteiger partial charge in [-0.25, -0.2) is 9.13 Å². The Morgan fingerprint density at radius 3 is 0.835 bits per heavy atom. The Kier molecular flexibility index (Phi) is 61.5. The summed E-state index contributed by atoms with van der Waals surface area (Å²) in [5.74, 6) is 0.164. The Bertz CT molecular complexity index is 1790. The molecular weight excluding hydrogens is 1200 g/mol. The van der Waals surface area contributed by atoms with Gasteiger partial charge in [0.1, 0.15) is 19.3 Å². The van der Waals surface area contributed by atoms with Crippen molar-refractivity contribution in [3.05, 3.63) is 0 Å². The summed E-state index contributed by atoms with van der Waals surface area (Å²) >= 11 is 0. The number of rotatable bonds is 70. The van der Waals surface area contributed by atoms with Crippen LogP contribution in [0.2, 0.25) is 0 Å². The molecule has 0 heterocycles. The molecule has 0 amide bonds. The van der Waals surface area contributed by atoms with Gasteiger partial charge in [-0.15, -0.1) is 0 Å². The van der Waals surface area contributed by atoms with E-state index in [1.54, 1.807) is 0 Å². The van der Waals surface area contributed by atoms with Gasteiger partial charge in [-0.05, 0) is 43.4 Å². The molecule has 540 valence electrons. The third-order valence-corrected chi connectivity index (χ3v) is 18.9. The van der Waals surface area contributed by atoms with E-state index in [2.05, 4.69) is 48.5 Å². The summed E-state index contributed by atoms with van der Waals surface area (Å²) in [5, 5.41) is 10.6. The summed E-state index contributed by atoms with van der Waals surface area (Å²) in [6.07, 6.45) is 47.4. The molecule has 0 radical (unpaired) electrons. The van der Waals surface area contributed by atoms with Crippen molar-refractivity contribution < 1.29 is 80.2 Å². The standard InChI is InChI=1S/C72H140O17P2/c1-8-10-11-12-13-32-39-46-53-69(74)82-59-68(89-72(77)56-49-42-35-28-30-37-44-51-64(5)6)62-87-91(80,81)85-58-66(73)57-84-90(78,79)86-61-67(60-83-70(75)54-47-40-33-27-26-31-38-45-52-65(7)9-2)88-71(76)55-48-41-34-25-23-21-19-17-15-14-16-18-20-22-24-29-36-43-50-63(3)4/h63-68,73H,8-62H2,1-7H3,(H,78,79)(H,80,81)/t65?,66-,67-,68-/m1/s1. The number of aliphatic hydroxyl groups is 1. The van der Waals surface area contributed by atoms with Crippen molar-refractivity contribution in [3.8, 4) is 0 Å². The van der Waals surface area contributed by atoms with Gasteiger partial charge in [-0.1, -0.05) is 312 Å². The molecule has 0 bridgehead atoms. The molecule has 0 spiro atoms. The summed E-state index contributed by atoms with van der Waals surface area (Å²) in [6.45, 7) is 11.8. The summed E-state index contributed by atoms with van der Waals surface area (Å²) in [6, 6.07) is 0. The van der Waals surface area contributed by atoms with Crippen LogP contribution in [0.3, 0.4) is 0 Å². The van der Waals surface area contributed by atoms with Gasteiger partial charge in [-0.2, -0.15) is 0 Å². The first-order valence-electron chi connectivity index (χ1n) is 37.4. The number of aliphatic hydroxyl groups excluding tert-OH is 1. The third kappa shape index (κ3) is 65.1. The van der Waals surface area contributed by atoms with Crippen LogP contribution in [0.5, 0.6) is 0 Å². The van der Waals surface area contributed by atoms with E-state index in [0.29, 0.717) is 31.6 Å². The largest absolute Gasteiger partial charge is 0.472 e. The fourth-order valence-corrected chi connectivity index (χ4v) is 12.4. The second-order valence-electron chi connectivity index (χ2n) is 27.2. The van der Waals surface area contributed by atoms with Gasteiger partial charge >= 0.3 is 39.5 Å². The van der Waals surface area contributed by atoms with Crippen LogP contribution in [-0.4, -0.2) is 96.7 Å². The molecule has 0 aliphatic carbocycles. The fraction of sp³-hybridized carbons (Fsp3) is 0.944. The highest BCUT2D eigenvalue weighted by molar-refractivity contribution is 7.47. The molecule has 17 nitrogen and oxygen atoms in total. The van der Waals surface area contributed by atoms with Crippen LogP contribution in [0.1, 0.15) is 363 Å². The van der Waals surface area contributed by atoms with Crippen LogP contribution in [0.25, 0.3) is 0 Å². The highest BCUT2D eigenvalue weighted by Gasteiger charge is 2.30. The molecule has 0 rings (SSSR count). The monoisotopic (exact) mass is 1340 g/mol. The maximum atomic E-state index is 13.0. The van der Waals surface area contributed by atoms with Gasteiger partial charge in [0.05, 0.1) is 26.4 Å². The average molecular weight is 1340 g/mol. The predicted octanol–water partition coefficient (Wildman–Crippen LogP) is 20.6. The maximum absolute atomic E-state index is 13.0. The molecule has 91 heavy (non-hydrogen) atoms. The van der Waals surface area contributed by atoms with E-state index in [1.165, 1.54) is 167 Å². The minimum Gasteiger partial charge on any atom is -0.462 e. The minimum atomic E-state index is -4.95. The predicted molar refractivity (Wildman–Crippen MR) is 368 cm³/mol. The molecule has 0 aliphatic rings. The van der Waals surface area contributed by atoms with Crippen molar-refractivity contribution in [3.63, 3.8) is 0 Å². The van der Waals surface area contributed by atoms with E-state index >= 15 is 0 Å². The number of carbonyl (C=O) groups excluding carboxylic acids is 4. The van der Waals surface area contributed by atoms with Crippen molar-refractivity contribution in [1.82, 2.24) is 0 Å². The second kappa shape index (κ2) is 62.8. The minimum absolute atomic E-state index is 0.103. The van der Waals surface area contributed by atoms with E-state index < -0.39 is 97.5 Å². The summed E-state index contributed by atoms with van der Waals surface area (Å²) in [7, 11) is -9.90. The topological polar surface area (TPSA) is 237 Å². The number of carbonyl (C=O) groups is 4. The lowest BCUT2D eigenvalue weighted by molar-refractivity contribution is -0.161. The van der Waals surface area contributed by atoms with Crippen LogP contribution in [0, 0.1) is 17.8 Å². The molecule has 0 saturated carbocycles. The van der Waals surface area contributed by atoms with Crippen molar-refractivity contribution >= 4 is 39.5 Å². The number of phosphoric ester groups is 2. The van der Waals surface area contributed by atoms with Crippen LogP contribution < -0.4 is 0 Å². The van der Waals surface area contributed by atoms with E-state index in [9.17, 15) is 43.2 Å². The Labute approximate surface area is 556 Å². The van der Waals surface area contributed by atoms with E-state index in [-0.39, 0.29) is 25.7 Å². The Hall–Kier alpha value is -1.94. The zero-order valence-corrected chi connectivity index (χ0v) is 61.1. The van der Waals surface area contributed by atoms with Gasteiger partial charge in [-0.3, -0.25) is 37.3 Å². The Morgan fingerprint density at radius 2 is 0.560 bits per heavy atom. The van der Waals surface area contributed by atoms with Crippen molar-refractivity contribution in [2.45, 2.75) is 381 Å². The summed E-state index contributed by atoms with van der Waals surface area (Å²) in [5.41, 5.74) is 0. The van der Waals surface area contributed by atoms with Crippen LogP contribution in [0.4, 0.5) is 0 Å². The molecule has 0 aromatic carbocycles. The molecule has 0 aromatic heterocycles. The number of hydrogen-bond donors (Lipinski definition) is 3. The van der Waals surface area contributed by atoms with Gasteiger partial charge in [0.25, 0.3) is 0 Å². The third-order valence-electron chi connectivity index (χ3n) is 17.0. The number of hydrogen-bond acceptors (Lipinski definition) is 15. The molecule has 0 aromatic rings. The zero-order chi connectivity index (χ0) is 67.3. The van der Waals surface area contributed by atoms with Gasteiger partial charge in [0, 0.05) is 25.7 Å². The first-order valence-corrected chi connectivity index (χ1v) is 40.4. The van der Waals surface area contributed by atoms with Crippen molar-refractivity contribution in [1.29, 1.82) is 0 Å². The molecule has 0 aliphatic heterocycles. The lowest BCUT2D eigenvalue weighted by atomic mass is 9.99. The van der Waals surface area contributed by atoms with Crippen molar-refractivity contribution in [2.75, 3.05) is 39.6 Å². The van der Waals surface area contributed by atoms with E-state index in [1.807, 2.05) is 0 Å². The van der Waals surface area contributed by atoms with Crippen LogP contribution >= 0.6 is 15.6 Å². The first-order chi connectivity index (χ1) is 43.8. The molecule has 0 fully saturated rings. The van der Waals surface area contributed by atoms with Crippen LogP contribution in [-0.2, 0) is 65.4 Å². The number of phosphoric acid groups is 2. The number of ether oxygens (including phenoxy) is 4. The van der Waals surface area contributed by atoms with Crippen molar-refractivity contribution in [2.24, 2.45) is 17.8 Å². The van der Waals surface area contributed by atoms with Gasteiger partial charge in [0.15, 0.2) is 12.2 Å². The first kappa shape index (κ1) is 89.1. The lowest BCUT2D eigenvalue weighted by Gasteiger charge is -2.21. The molecular formula is C72H140O17P2.